The number of nitrogens with zero attached hydrogens (tertiary/aromatic N) is 3. The van der Waals surface area contributed by atoms with Crippen LogP contribution in [0.4, 0.5) is 5.69 Å². The van der Waals surface area contributed by atoms with Gasteiger partial charge in [0.1, 0.15) is 12.2 Å². The zero-order chi connectivity index (χ0) is 14.0. The van der Waals surface area contributed by atoms with E-state index >= 15 is 0 Å². The molecule has 0 aliphatic heterocycles. The summed E-state index contributed by atoms with van der Waals surface area (Å²) in [6.07, 6.45) is 1.58. The van der Waals surface area contributed by atoms with Crippen molar-refractivity contribution in [1.82, 2.24) is 14.8 Å². The molecule has 0 saturated carbocycles. The first-order valence-electron chi connectivity index (χ1n) is 6.07. The summed E-state index contributed by atoms with van der Waals surface area (Å²) in [7, 11) is 0. The van der Waals surface area contributed by atoms with Gasteiger partial charge in [-0.15, -0.1) is 0 Å². The summed E-state index contributed by atoms with van der Waals surface area (Å²) in [5, 5.41) is 8.28. The van der Waals surface area contributed by atoms with Crippen LogP contribution in [-0.4, -0.2) is 14.8 Å². The normalized spacial score (nSPS) is 11.1. The van der Waals surface area contributed by atoms with Crippen molar-refractivity contribution in [2.24, 2.45) is 0 Å². The van der Waals surface area contributed by atoms with E-state index in [4.69, 9.17) is 11.6 Å². The molecule has 0 amide bonds. The number of halogens is 2. The first-order chi connectivity index (χ1) is 8.99. The minimum Gasteiger partial charge on any atom is -0.377 e. The largest absolute Gasteiger partial charge is 0.377 e. The van der Waals surface area contributed by atoms with Gasteiger partial charge in [-0.3, -0.25) is 0 Å². The van der Waals surface area contributed by atoms with E-state index < -0.39 is 0 Å². The zero-order valence-corrected chi connectivity index (χ0v) is 13.5. The van der Waals surface area contributed by atoms with Gasteiger partial charge in [-0.1, -0.05) is 11.6 Å². The van der Waals surface area contributed by atoms with Gasteiger partial charge in [-0.2, -0.15) is 5.10 Å². The number of rotatable bonds is 4. The molecule has 0 unspecified atom stereocenters. The van der Waals surface area contributed by atoms with E-state index in [1.165, 1.54) is 0 Å². The number of nitrogens with one attached hydrogen (secondary N) is 1. The van der Waals surface area contributed by atoms with E-state index in [1.54, 1.807) is 6.33 Å². The minimum atomic E-state index is 0.296. The number of benzene rings is 1. The second kappa shape index (κ2) is 5.92. The van der Waals surface area contributed by atoms with Crippen molar-refractivity contribution in [2.75, 3.05) is 5.32 Å². The highest BCUT2D eigenvalue weighted by molar-refractivity contribution is 9.10. The fourth-order valence-corrected chi connectivity index (χ4v) is 2.55. The van der Waals surface area contributed by atoms with E-state index in [0.717, 1.165) is 26.6 Å². The highest BCUT2D eigenvalue weighted by Gasteiger charge is 2.09. The Morgan fingerprint density at radius 2 is 2.16 bits per heavy atom. The SMILES string of the molecule is Cc1cc(Br)c(NCc2ncnn2C(C)C)cc1Cl. The third-order valence-corrected chi connectivity index (χ3v) is 3.88. The van der Waals surface area contributed by atoms with Gasteiger partial charge < -0.3 is 5.32 Å². The maximum Gasteiger partial charge on any atom is 0.146 e. The van der Waals surface area contributed by atoms with Gasteiger partial charge in [-0.25, -0.2) is 9.67 Å². The Hall–Kier alpha value is -1.07. The van der Waals surface area contributed by atoms with Crippen molar-refractivity contribution >= 4 is 33.2 Å². The molecule has 0 aliphatic carbocycles. The van der Waals surface area contributed by atoms with E-state index in [1.807, 2.05) is 23.7 Å². The predicted molar refractivity (Wildman–Crippen MR) is 81.6 cm³/mol. The lowest BCUT2D eigenvalue weighted by atomic mass is 10.2. The average Bonchev–Trinajstić information content (AvgIpc) is 2.80. The lowest BCUT2D eigenvalue weighted by molar-refractivity contribution is 0.509. The molecule has 2 aromatic rings. The van der Waals surface area contributed by atoms with Crippen LogP contribution < -0.4 is 5.32 Å². The average molecular weight is 344 g/mol. The summed E-state index contributed by atoms with van der Waals surface area (Å²) < 4.78 is 2.89. The van der Waals surface area contributed by atoms with Crippen LogP contribution >= 0.6 is 27.5 Å². The van der Waals surface area contributed by atoms with Crippen molar-refractivity contribution in [3.63, 3.8) is 0 Å². The molecule has 1 aromatic heterocycles. The molecule has 0 bridgehead atoms. The summed E-state index contributed by atoms with van der Waals surface area (Å²) >= 11 is 9.66. The van der Waals surface area contributed by atoms with Crippen LogP contribution in [0.5, 0.6) is 0 Å². The topological polar surface area (TPSA) is 42.7 Å². The van der Waals surface area contributed by atoms with E-state index in [2.05, 4.69) is 45.2 Å². The Labute approximate surface area is 126 Å². The van der Waals surface area contributed by atoms with Crippen LogP contribution in [0.25, 0.3) is 0 Å². The Bertz CT molecular complexity index is 580. The monoisotopic (exact) mass is 342 g/mol. The van der Waals surface area contributed by atoms with Crippen molar-refractivity contribution in [2.45, 2.75) is 33.4 Å². The van der Waals surface area contributed by atoms with Gasteiger partial charge in [0.2, 0.25) is 0 Å². The highest BCUT2D eigenvalue weighted by atomic mass is 79.9. The number of anilines is 1. The molecule has 0 fully saturated rings. The molecule has 1 heterocycles. The number of aromatic nitrogens is 3. The molecule has 0 spiro atoms. The molecule has 19 heavy (non-hydrogen) atoms. The van der Waals surface area contributed by atoms with Crippen LogP contribution in [0, 0.1) is 6.92 Å². The summed E-state index contributed by atoms with van der Waals surface area (Å²) in [6, 6.07) is 4.21. The molecule has 2 rings (SSSR count). The van der Waals surface area contributed by atoms with Crippen LogP contribution in [-0.2, 0) is 6.54 Å². The Morgan fingerprint density at radius 3 is 2.84 bits per heavy atom. The second-order valence-corrected chi connectivity index (χ2v) is 5.91. The lowest BCUT2D eigenvalue weighted by Crippen LogP contribution is -2.12. The zero-order valence-electron chi connectivity index (χ0n) is 11.1. The fourth-order valence-electron chi connectivity index (χ4n) is 1.79. The molecule has 102 valence electrons. The molecule has 0 radical (unpaired) electrons. The Kier molecular flexibility index (Phi) is 4.47. The van der Waals surface area contributed by atoms with Crippen molar-refractivity contribution in [3.05, 3.63) is 39.3 Å². The lowest BCUT2D eigenvalue weighted by Gasteiger charge is -2.12. The van der Waals surface area contributed by atoms with Gasteiger partial charge in [0.15, 0.2) is 0 Å². The van der Waals surface area contributed by atoms with Crippen LogP contribution in [0.15, 0.2) is 22.9 Å². The van der Waals surface area contributed by atoms with E-state index in [9.17, 15) is 0 Å². The van der Waals surface area contributed by atoms with Gasteiger partial charge in [0.05, 0.1) is 12.2 Å². The van der Waals surface area contributed by atoms with E-state index in [0.29, 0.717) is 12.6 Å². The van der Waals surface area contributed by atoms with Crippen LogP contribution in [0.1, 0.15) is 31.3 Å². The molecular formula is C13H16BrClN4. The van der Waals surface area contributed by atoms with Crippen molar-refractivity contribution in [3.8, 4) is 0 Å². The summed E-state index contributed by atoms with van der Waals surface area (Å²) in [5.74, 6) is 0.901. The standard InChI is InChI=1S/C13H16BrClN4/c1-8(2)19-13(17-7-18-19)6-16-12-5-11(15)9(3)4-10(12)14/h4-5,7-8,16H,6H2,1-3H3. The maximum absolute atomic E-state index is 6.13. The van der Waals surface area contributed by atoms with Gasteiger partial charge >= 0.3 is 0 Å². The smallest absolute Gasteiger partial charge is 0.146 e. The Morgan fingerprint density at radius 1 is 1.42 bits per heavy atom. The molecule has 0 saturated heterocycles. The second-order valence-electron chi connectivity index (χ2n) is 4.65. The van der Waals surface area contributed by atoms with Gasteiger partial charge in [0.25, 0.3) is 0 Å². The summed E-state index contributed by atoms with van der Waals surface area (Å²) in [5.41, 5.74) is 2.00. The summed E-state index contributed by atoms with van der Waals surface area (Å²) in [4.78, 5) is 4.26. The number of hydrogen-bond donors (Lipinski definition) is 1. The molecular weight excluding hydrogens is 328 g/mol. The summed E-state index contributed by atoms with van der Waals surface area (Å²) in [6.45, 7) is 6.75. The molecule has 1 N–H and O–H groups in total. The van der Waals surface area contributed by atoms with Crippen LogP contribution in [0.2, 0.25) is 5.02 Å². The first kappa shape index (κ1) is 14.3. The molecule has 1 aromatic carbocycles. The third-order valence-electron chi connectivity index (χ3n) is 2.82. The first-order valence-corrected chi connectivity index (χ1v) is 7.24. The fraction of sp³-hybridized carbons (Fsp3) is 0.385. The molecule has 0 aliphatic rings. The maximum atomic E-state index is 6.13. The molecule has 6 heteroatoms. The number of aryl methyl sites for hydroxylation is 1. The van der Waals surface area contributed by atoms with Crippen molar-refractivity contribution in [1.29, 1.82) is 0 Å². The highest BCUT2D eigenvalue weighted by Crippen LogP contribution is 2.29. The molecule has 0 atom stereocenters. The van der Waals surface area contributed by atoms with Crippen molar-refractivity contribution < 1.29 is 0 Å². The van der Waals surface area contributed by atoms with E-state index in [-0.39, 0.29) is 0 Å². The third kappa shape index (κ3) is 3.28. The molecule has 4 nitrogen and oxygen atoms in total. The van der Waals surface area contributed by atoms with Crippen LogP contribution in [0.3, 0.4) is 0 Å². The van der Waals surface area contributed by atoms with Gasteiger partial charge in [0, 0.05) is 15.5 Å². The van der Waals surface area contributed by atoms with Gasteiger partial charge in [-0.05, 0) is 54.4 Å². The minimum absolute atomic E-state index is 0.296. The number of hydrogen-bond acceptors (Lipinski definition) is 3. The predicted octanol–water partition coefficient (Wildman–Crippen LogP) is 4.20. The Balaban J connectivity index is 2.15. The quantitative estimate of drug-likeness (QED) is 0.905.